The topological polar surface area (TPSA) is 80.9 Å². The number of hydrogen-bond acceptors (Lipinski definition) is 5. The van der Waals surface area contributed by atoms with E-state index >= 15 is 0 Å². The molecule has 1 N–H and O–H groups in total. The van der Waals surface area contributed by atoms with Crippen molar-refractivity contribution in [2.24, 2.45) is 0 Å². The van der Waals surface area contributed by atoms with E-state index in [1.807, 2.05) is 51.4 Å². The standard InChI is InChI=1S/C18H21N7O/c1-14-17-22-21-13-24(17)10-11-25(14)18(26)15-2-4-16(5-3-15)20-7-9-23-8-6-19-12-23/h2-6,8,12-14,20H,7,9-11H2,1H3. The monoisotopic (exact) mass is 351 g/mol. The van der Waals surface area contributed by atoms with E-state index in [1.165, 1.54) is 0 Å². The first-order valence-electron chi connectivity index (χ1n) is 8.71. The smallest absolute Gasteiger partial charge is 0.254 e. The van der Waals surface area contributed by atoms with Crippen LogP contribution in [0.1, 0.15) is 29.1 Å². The molecular formula is C18H21N7O. The molecule has 0 fully saturated rings. The fraction of sp³-hybridized carbons (Fsp3) is 0.333. The minimum Gasteiger partial charge on any atom is -0.383 e. The van der Waals surface area contributed by atoms with Gasteiger partial charge < -0.3 is 19.4 Å². The summed E-state index contributed by atoms with van der Waals surface area (Å²) in [5, 5.41) is 11.4. The number of benzene rings is 1. The lowest BCUT2D eigenvalue weighted by Crippen LogP contribution is -2.41. The molecule has 134 valence electrons. The minimum atomic E-state index is -0.0771. The van der Waals surface area contributed by atoms with E-state index in [9.17, 15) is 4.79 Å². The highest BCUT2D eigenvalue weighted by molar-refractivity contribution is 5.94. The van der Waals surface area contributed by atoms with Crippen molar-refractivity contribution in [2.45, 2.75) is 26.1 Å². The summed E-state index contributed by atoms with van der Waals surface area (Å²) in [6, 6.07) is 7.55. The first-order valence-corrected chi connectivity index (χ1v) is 8.71. The zero-order chi connectivity index (χ0) is 17.9. The van der Waals surface area contributed by atoms with Crippen LogP contribution in [-0.4, -0.2) is 48.2 Å². The molecule has 8 nitrogen and oxygen atoms in total. The third-order valence-corrected chi connectivity index (χ3v) is 4.72. The minimum absolute atomic E-state index is 0.0247. The van der Waals surface area contributed by atoms with E-state index in [-0.39, 0.29) is 11.9 Å². The molecular weight excluding hydrogens is 330 g/mol. The quantitative estimate of drug-likeness (QED) is 0.758. The first-order chi connectivity index (χ1) is 12.7. The zero-order valence-corrected chi connectivity index (χ0v) is 14.6. The summed E-state index contributed by atoms with van der Waals surface area (Å²) in [4.78, 5) is 18.7. The van der Waals surface area contributed by atoms with E-state index in [2.05, 4.69) is 20.5 Å². The number of aromatic nitrogens is 5. The van der Waals surface area contributed by atoms with Crippen LogP contribution in [0, 0.1) is 0 Å². The number of carbonyl (C=O) groups is 1. The summed E-state index contributed by atoms with van der Waals surface area (Å²) in [5.41, 5.74) is 1.68. The molecule has 3 heterocycles. The average molecular weight is 351 g/mol. The molecule has 0 bridgehead atoms. The van der Waals surface area contributed by atoms with Crippen molar-refractivity contribution in [3.05, 3.63) is 60.7 Å². The third-order valence-electron chi connectivity index (χ3n) is 4.72. The van der Waals surface area contributed by atoms with Crippen LogP contribution in [0.3, 0.4) is 0 Å². The Balaban J connectivity index is 1.38. The Bertz CT molecular complexity index is 869. The number of nitrogens with zero attached hydrogens (tertiary/aromatic N) is 6. The second-order valence-electron chi connectivity index (χ2n) is 6.36. The number of anilines is 1. The molecule has 4 rings (SSSR count). The van der Waals surface area contributed by atoms with E-state index in [0.717, 1.165) is 31.1 Å². The molecule has 1 atom stereocenters. The van der Waals surface area contributed by atoms with Crippen molar-refractivity contribution in [1.82, 2.24) is 29.2 Å². The van der Waals surface area contributed by atoms with E-state index in [1.54, 1.807) is 18.9 Å². The Labute approximate surface area is 151 Å². The highest BCUT2D eigenvalue weighted by Gasteiger charge is 2.29. The van der Waals surface area contributed by atoms with Crippen molar-refractivity contribution < 1.29 is 4.79 Å². The molecule has 1 aliphatic heterocycles. The van der Waals surface area contributed by atoms with Gasteiger partial charge in [0.25, 0.3) is 5.91 Å². The lowest BCUT2D eigenvalue weighted by molar-refractivity contribution is 0.0638. The summed E-state index contributed by atoms with van der Waals surface area (Å²) in [6.07, 6.45) is 7.22. The van der Waals surface area contributed by atoms with Gasteiger partial charge in [0.15, 0.2) is 5.82 Å². The molecule has 0 saturated heterocycles. The lowest BCUT2D eigenvalue weighted by atomic mass is 10.1. The van der Waals surface area contributed by atoms with Crippen molar-refractivity contribution in [3.63, 3.8) is 0 Å². The maximum absolute atomic E-state index is 12.9. The van der Waals surface area contributed by atoms with Crippen LogP contribution in [0.25, 0.3) is 0 Å². The lowest BCUT2D eigenvalue weighted by Gasteiger charge is -2.33. The van der Waals surface area contributed by atoms with Gasteiger partial charge in [0.1, 0.15) is 6.33 Å². The number of nitrogens with one attached hydrogen (secondary N) is 1. The second kappa shape index (κ2) is 6.99. The van der Waals surface area contributed by atoms with Crippen molar-refractivity contribution >= 4 is 11.6 Å². The number of hydrogen-bond donors (Lipinski definition) is 1. The molecule has 2 aromatic heterocycles. The van der Waals surface area contributed by atoms with Gasteiger partial charge in [-0.2, -0.15) is 0 Å². The molecule has 1 aliphatic rings. The van der Waals surface area contributed by atoms with Gasteiger partial charge in [-0.1, -0.05) is 0 Å². The molecule has 0 radical (unpaired) electrons. The van der Waals surface area contributed by atoms with Crippen LogP contribution in [0.15, 0.2) is 49.3 Å². The highest BCUT2D eigenvalue weighted by atomic mass is 16.2. The molecule has 0 spiro atoms. The molecule has 26 heavy (non-hydrogen) atoms. The summed E-state index contributed by atoms with van der Waals surface area (Å²) in [6.45, 7) is 5.01. The predicted octanol–water partition coefficient (Wildman–Crippen LogP) is 1.80. The van der Waals surface area contributed by atoms with Crippen molar-refractivity contribution in [2.75, 3.05) is 18.4 Å². The normalized spacial score (nSPS) is 16.3. The van der Waals surface area contributed by atoms with Gasteiger partial charge in [0.2, 0.25) is 0 Å². The molecule has 3 aromatic rings. The van der Waals surface area contributed by atoms with Gasteiger partial charge in [-0.25, -0.2) is 4.98 Å². The number of amides is 1. The van der Waals surface area contributed by atoms with Crippen LogP contribution in [0.5, 0.6) is 0 Å². The van der Waals surface area contributed by atoms with Gasteiger partial charge in [-0.3, -0.25) is 4.79 Å². The number of carbonyl (C=O) groups excluding carboxylic acids is 1. The van der Waals surface area contributed by atoms with Crippen molar-refractivity contribution in [3.8, 4) is 0 Å². The van der Waals surface area contributed by atoms with Gasteiger partial charge in [-0.05, 0) is 31.2 Å². The van der Waals surface area contributed by atoms with E-state index in [0.29, 0.717) is 12.1 Å². The SMILES string of the molecule is CC1c2nncn2CCN1C(=O)c1ccc(NCCn2ccnc2)cc1. The highest BCUT2D eigenvalue weighted by Crippen LogP contribution is 2.24. The summed E-state index contributed by atoms with van der Waals surface area (Å²) in [5.74, 6) is 0.860. The van der Waals surface area contributed by atoms with Crippen LogP contribution in [0.4, 0.5) is 5.69 Å². The van der Waals surface area contributed by atoms with E-state index in [4.69, 9.17) is 0 Å². The van der Waals surface area contributed by atoms with Crippen molar-refractivity contribution in [1.29, 1.82) is 0 Å². The molecule has 0 aliphatic carbocycles. The van der Waals surface area contributed by atoms with Gasteiger partial charge >= 0.3 is 0 Å². The predicted molar refractivity (Wildman–Crippen MR) is 96.6 cm³/mol. The first kappa shape index (κ1) is 16.3. The molecule has 0 saturated carbocycles. The summed E-state index contributed by atoms with van der Waals surface area (Å²) in [7, 11) is 0. The van der Waals surface area contributed by atoms with Gasteiger partial charge in [-0.15, -0.1) is 10.2 Å². The number of fused-ring (bicyclic) bond motifs is 1. The summed E-state index contributed by atoms with van der Waals surface area (Å²) >= 11 is 0. The molecule has 8 heteroatoms. The van der Waals surface area contributed by atoms with E-state index < -0.39 is 0 Å². The number of imidazole rings is 1. The molecule has 1 aromatic carbocycles. The molecule has 1 unspecified atom stereocenters. The van der Waals surface area contributed by atoms with Crippen LogP contribution in [0.2, 0.25) is 0 Å². The fourth-order valence-electron chi connectivity index (χ4n) is 3.23. The average Bonchev–Trinajstić information content (AvgIpc) is 3.34. The fourth-order valence-corrected chi connectivity index (χ4v) is 3.23. The Morgan fingerprint density at radius 2 is 2.08 bits per heavy atom. The third kappa shape index (κ3) is 3.17. The Morgan fingerprint density at radius 3 is 2.85 bits per heavy atom. The van der Waals surface area contributed by atoms with Gasteiger partial charge in [0, 0.05) is 49.8 Å². The maximum atomic E-state index is 12.9. The maximum Gasteiger partial charge on any atom is 0.254 e. The zero-order valence-electron chi connectivity index (χ0n) is 14.6. The second-order valence-corrected chi connectivity index (χ2v) is 6.36. The van der Waals surface area contributed by atoms with Crippen LogP contribution in [-0.2, 0) is 13.1 Å². The Hall–Kier alpha value is -3.16. The van der Waals surface area contributed by atoms with Crippen LogP contribution >= 0.6 is 0 Å². The Morgan fingerprint density at radius 1 is 1.23 bits per heavy atom. The van der Waals surface area contributed by atoms with Gasteiger partial charge in [0.05, 0.1) is 12.4 Å². The van der Waals surface area contributed by atoms with Crippen LogP contribution < -0.4 is 5.32 Å². The summed E-state index contributed by atoms with van der Waals surface area (Å²) < 4.78 is 4.02. The number of rotatable bonds is 5. The largest absolute Gasteiger partial charge is 0.383 e. The molecule has 1 amide bonds. The Kier molecular flexibility index (Phi) is 4.39.